The van der Waals surface area contributed by atoms with Crippen LogP contribution in [0.2, 0.25) is 0 Å². The second-order valence-electron chi connectivity index (χ2n) is 4.78. The Labute approximate surface area is 123 Å². The topological polar surface area (TPSA) is 46.6 Å². The Bertz CT molecular complexity index is 498. The molecule has 1 amide bonds. The van der Waals surface area contributed by atoms with Crippen molar-refractivity contribution < 1.29 is 14.3 Å². The van der Waals surface area contributed by atoms with Crippen LogP contribution >= 0.6 is 11.8 Å². The lowest BCUT2D eigenvalue weighted by Gasteiger charge is -2.18. The Morgan fingerprint density at radius 3 is 2.55 bits per heavy atom. The highest BCUT2D eigenvalue weighted by Crippen LogP contribution is 2.29. The van der Waals surface area contributed by atoms with Crippen LogP contribution in [-0.2, 0) is 9.53 Å². The van der Waals surface area contributed by atoms with Crippen LogP contribution in [0.1, 0.15) is 30.1 Å². The number of methoxy groups -OCH3 is 1. The Morgan fingerprint density at radius 2 is 1.90 bits per heavy atom. The molecule has 0 N–H and O–H groups in total. The molecule has 0 spiro atoms. The number of esters is 1. The third-order valence-electron chi connectivity index (χ3n) is 3.35. The summed E-state index contributed by atoms with van der Waals surface area (Å²) >= 11 is 1.37. The molecule has 5 heteroatoms. The maximum absolute atomic E-state index is 12.5. The van der Waals surface area contributed by atoms with Gasteiger partial charge in [-0.2, -0.15) is 0 Å². The summed E-state index contributed by atoms with van der Waals surface area (Å²) in [4.78, 5) is 26.7. The number of benzene rings is 1. The second-order valence-corrected chi connectivity index (χ2v) is 6.16. The van der Waals surface area contributed by atoms with E-state index in [0.717, 1.165) is 30.8 Å². The van der Waals surface area contributed by atoms with Gasteiger partial charge in [-0.15, -0.1) is 11.8 Å². The lowest BCUT2D eigenvalue weighted by molar-refractivity contribution is -0.139. The molecule has 2 rings (SSSR count). The minimum absolute atomic E-state index is 0.0580. The first kappa shape index (κ1) is 14.9. The largest absolute Gasteiger partial charge is 0.468 e. The number of hydrogen-bond acceptors (Lipinski definition) is 4. The predicted molar refractivity (Wildman–Crippen MR) is 78.9 cm³/mol. The second kappa shape index (κ2) is 6.79. The molecule has 1 fully saturated rings. The molecule has 1 aromatic rings. The summed E-state index contributed by atoms with van der Waals surface area (Å²) in [6.07, 6.45) is 2.14. The van der Waals surface area contributed by atoms with Crippen molar-refractivity contribution in [3.05, 3.63) is 29.8 Å². The molecule has 1 heterocycles. The zero-order valence-electron chi connectivity index (χ0n) is 11.8. The van der Waals surface area contributed by atoms with Crippen LogP contribution in [0.15, 0.2) is 29.2 Å². The molecule has 108 valence electrons. The van der Waals surface area contributed by atoms with E-state index in [1.165, 1.54) is 18.9 Å². The zero-order valence-corrected chi connectivity index (χ0v) is 12.6. The van der Waals surface area contributed by atoms with Crippen LogP contribution in [0, 0.1) is 0 Å². The van der Waals surface area contributed by atoms with Crippen LogP contribution in [0.5, 0.6) is 0 Å². The molecule has 0 radical (unpaired) electrons. The highest BCUT2D eigenvalue weighted by molar-refractivity contribution is 8.00. The highest BCUT2D eigenvalue weighted by Gasteiger charge is 2.23. The minimum Gasteiger partial charge on any atom is -0.468 e. The van der Waals surface area contributed by atoms with E-state index in [9.17, 15) is 9.59 Å². The third kappa shape index (κ3) is 3.33. The molecule has 1 unspecified atom stereocenters. The maximum atomic E-state index is 12.5. The Hall–Kier alpha value is -1.49. The van der Waals surface area contributed by atoms with E-state index in [2.05, 4.69) is 0 Å². The van der Waals surface area contributed by atoms with Crippen LogP contribution in [0.25, 0.3) is 0 Å². The van der Waals surface area contributed by atoms with Crippen LogP contribution < -0.4 is 0 Å². The SMILES string of the molecule is COC(=O)C(C)Sc1ccccc1C(=O)N1CCCC1. The molecule has 20 heavy (non-hydrogen) atoms. The first-order chi connectivity index (χ1) is 9.63. The lowest BCUT2D eigenvalue weighted by Crippen LogP contribution is -2.28. The number of hydrogen-bond donors (Lipinski definition) is 0. The van der Waals surface area contributed by atoms with Crippen molar-refractivity contribution in [2.75, 3.05) is 20.2 Å². The van der Waals surface area contributed by atoms with Crippen LogP contribution in [0.4, 0.5) is 0 Å². The molecule has 1 aromatic carbocycles. The first-order valence-electron chi connectivity index (χ1n) is 6.76. The van der Waals surface area contributed by atoms with Gasteiger partial charge in [-0.25, -0.2) is 0 Å². The van der Waals surface area contributed by atoms with E-state index in [0.29, 0.717) is 5.56 Å². The van der Waals surface area contributed by atoms with Crippen LogP contribution in [0.3, 0.4) is 0 Å². The van der Waals surface area contributed by atoms with Gasteiger partial charge in [-0.3, -0.25) is 9.59 Å². The number of likely N-dealkylation sites (tertiary alicyclic amines) is 1. The molecule has 0 aromatic heterocycles. The van der Waals surface area contributed by atoms with Crippen molar-refractivity contribution in [2.45, 2.75) is 29.9 Å². The van der Waals surface area contributed by atoms with Gasteiger partial charge in [0, 0.05) is 18.0 Å². The Kier molecular flexibility index (Phi) is 5.06. The van der Waals surface area contributed by atoms with Gasteiger partial charge >= 0.3 is 5.97 Å². The van der Waals surface area contributed by atoms with E-state index in [4.69, 9.17) is 4.74 Å². The van der Waals surface area contributed by atoms with Gasteiger partial charge in [-0.1, -0.05) is 12.1 Å². The fraction of sp³-hybridized carbons (Fsp3) is 0.467. The molecule has 1 saturated heterocycles. The molecule has 1 atom stereocenters. The summed E-state index contributed by atoms with van der Waals surface area (Å²) in [5, 5.41) is -0.326. The predicted octanol–water partition coefficient (Wildman–Crippen LogP) is 2.58. The summed E-state index contributed by atoms with van der Waals surface area (Å²) in [7, 11) is 1.38. The van der Waals surface area contributed by atoms with E-state index in [-0.39, 0.29) is 17.1 Å². The van der Waals surface area contributed by atoms with E-state index < -0.39 is 0 Å². The molecule has 0 aliphatic carbocycles. The number of carbonyl (C=O) groups excluding carboxylic acids is 2. The average Bonchev–Trinajstić information content (AvgIpc) is 3.00. The van der Waals surface area contributed by atoms with Gasteiger partial charge in [0.05, 0.1) is 12.7 Å². The van der Waals surface area contributed by atoms with Crippen molar-refractivity contribution in [3.8, 4) is 0 Å². The molecule has 0 saturated carbocycles. The molecule has 1 aliphatic heterocycles. The minimum atomic E-state index is -0.326. The number of ether oxygens (including phenoxy) is 1. The van der Waals surface area contributed by atoms with Crippen molar-refractivity contribution >= 4 is 23.6 Å². The Morgan fingerprint density at radius 1 is 1.25 bits per heavy atom. The maximum Gasteiger partial charge on any atom is 0.318 e. The number of amides is 1. The summed E-state index contributed by atoms with van der Waals surface area (Å²) in [6.45, 7) is 3.43. The van der Waals surface area contributed by atoms with Gasteiger partial charge in [0.2, 0.25) is 0 Å². The monoisotopic (exact) mass is 293 g/mol. The zero-order chi connectivity index (χ0) is 14.5. The molecule has 0 bridgehead atoms. The third-order valence-corrected chi connectivity index (χ3v) is 4.50. The van der Waals surface area contributed by atoms with Gasteiger partial charge in [0.25, 0.3) is 5.91 Å². The first-order valence-corrected chi connectivity index (χ1v) is 7.64. The molecular weight excluding hydrogens is 274 g/mol. The molecular formula is C15H19NO3S. The van der Waals surface area contributed by atoms with Gasteiger partial charge in [0.1, 0.15) is 5.25 Å². The number of rotatable bonds is 4. The van der Waals surface area contributed by atoms with Crippen molar-refractivity contribution in [1.29, 1.82) is 0 Å². The van der Waals surface area contributed by atoms with E-state index in [1.54, 1.807) is 6.92 Å². The van der Waals surface area contributed by atoms with Crippen molar-refractivity contribution in [2.24, 2.45) is 0 Å². The van der Waals surface area contributed by atoms with E-state index >= 15 is 0 Å². The van der Waals surface area contributed by atoms with Crippen molar-refractivity contribution in [1.82, 2.24) is 4.90 Å². The fourth-order valence-corrected chi connectivity index (χ4v) is 3.25. The van der Waals surface area contributed by atoms with E-state index in [1.807, 2.05) is 29.2 Å². The van der Waals surface area contributed by atoms with Crippen LogP contribution in [-0.4, -0.2) is 42.2 Å². The molecule has 4 nitrogen and oxygen atoms in total. The Balaban J connectivity index is 2.17. The van der Waals surface area contributed by atoms with Gasteiger partial charge < -0.3 is 9.64 Å². The van der Waals surface area contributed by atoms with Crippen molar-refractivity contribution in [3.63, 3.8) is 0 Å². The smallest absolute Gasteiger partial charge is 0.318 e. The summed E-state index contributed by atoms with van der Waals surface area (Å²) in [5.41, 5.74) is 0.676. The number of thioether (sulfide) groups is 1. The molecule has 1 aliphatic rings. The lowest BCUT2D eigenvalue weighted by atomic mass is 10.2. The normalized spacial score (nSPS) is 16.0. The summed E-state index contributed by atoms with van der Waals surface area (Å²) in [5.74, 6) is -0.221. The quantitative estimate of drug-likeness (QED) is 0.632. The van der Waals surface area contributed by atoms with Gasteiger partial charge in [0.15, 0.2) is 0 Å². The summed E-state index contributed by atoms with van der Waals surface area (Å²) < 4.78 is 4.73. The fourth-order valence-electron chi connectivity index (χ4n) is 2.24. The average molecular weight is 293 g/mol. The van der Waals surface area contributed by atoms with Gasteiger partial charge in [-0.05, 0) is 31.9 Å². The highest BCUT2D eigenvalue weighted by atomic mass is 32.2. The standard InChI is InChI=1S/C15H19NO3S/c1-11(15(18)19-2)20-13-8-4-3-7-12(13)14(17)16-9-5-6-10-16/h3-4,7-8,11H,5-6,9-10H2,1-2H3. The number of carbonyl (C=O) groups is 2. The summed E-state index contributed by atoms with van der Waals surface area (Å²) in [6, 6.07) is 7.45. The number of nitrogens with zero attached hydrogens (tertiary/aromatic N) is 1.